The van der Waals surface area contributed by atoms with E-state index in [1.165, 1.54) is 12.3 Å². The lowest BCUT2D eigenvalue weighted by Gasteiger charge is -2.32. The van der Waals surface area contributed by atoms with Gasteiger partial charge in [0.1, 0.15) is 29.6 Å². The van der Waals surface area contributed by atoms with Crippen LogP contribution in [0.2, 0.25) is 0 Å². The number of phenolic OH excluding ortho intramolecular Hbond substituents is 1. The van der Waals surface area contributed by atoms with E-state index in [9.17, 15) is 10.2 Å². The van der Waals surface area contributed by atoms with Crippen molar-refractivity contribution in [2.45, 2.75) is 64.0 Å². The van der Waals surface area contributed by atoms with Gasteiger partial charge in [-0.25, -0.2) is 9.37 Å². The van der Waals surface area contributed by atoms with Crippen molar-refractivity contribution in [3.8, 4) is 23.0 Å². The lowest BCUT2D eigenvalue weighted by atomic mass is 9.92. The zero-order valence-corrected chi connectivity index (χ0v) is 27.4. The fourth-order valence-electron chi connectivity index (χ4n) is 7.95. The molecule has 1 atom stereocenters. The number of phenols is 1. The van der Waals surface area contributed by atoms with Gasteiger partial charge in [0.05, 0.1) is 47.6 Å². The molecule has 0 amide bonds. The van der Waals surface area contributed by atoms with Crippen LogP contribution in [0.5, 0.6) is 11.8 Å². The number of rotatable bonds is 7. The SMILES string of the molecule is CCc1c(F)ccc2cc(O)cc(-c3nc(/C=C\N)c4c(N5CCOCC(C)(O)C5)nc(OCC56CCCN5CCC6)nc4c3C)c12. The Kier molecular flexibility index (Phi) is 8.18. The predicted molar refractivity (Wildman–Crippen MR) is 181 cm³/mol. The molecule has 3 fully saturated rings. The van der Waals surface area contributed by atoms with Crippen molar-refractivity contribution in [3.63, 3.8) is 0 Å². The number of hydrogen-bond donors (Lipinski definition) is 3. The van der Waals surface area contributed by atoms with Gasteiger partial charge in [0.15, 0.2) is 0 Å². The van der Waals surface area contributed by atoms with Gasteiger partial charge >= 0.3 is 6.01 Å². The van der Waals surface area contributed by atoms with Crippen molar-refractivity contribution in [1.82, 2.24) is 19.9 Å². The molecule has 0 spiro atoms. The molecular formula is C36H43FN6O4. The van der Waals surface area contributed by atoms with Crippen molar-refractivity contribution < 1.29 is 24.1 Å². The molecule has 2 aromatic carbocycles. The van der Waals surface area contributed by atoms with Gasteiger partial charge in [0, 0.05) is 17.7 Å². The van der Waals surface area contributed by atoms with E-state index in [4.69, 9.17) is 30.2 Å². The summed E-state index contributed by atoms with van der Waals surface area (Å²) in [7, 11) is 0. The number of aliphatic hydroxyl groups is 1. The van der Waals surface area contributed by atoms with Crippen LogP contribution in [0, 0.1) is 12.7 Å². The number of aryl methyl sites for hydroxylation is 2. The predicted octanol–water partition coefficient (Wildman–Crippen LogP) is 5.08. The lowest BCUT2D eigenvalue weighted by Crippen LogP contribution is -2.44. The minimum atomic E-state index is -1.12. The third-order valence-electron chi connectivity index (χ3n) is 10.1. The minimum Gasteiger partial charge on any atom is -0.508 e. The van der Waals surface area contributed by atoms with Crippen LogP contribution in [-0.2, 0) is 11.2 Å². The number of anilines is 1. The first-order valence-corrected chi connectivity index (χ1v) is 16.6. The number of aromatic nitrogens is 3. The molecule has 0 saturated carbocycles. The summed E-state index contributed by atoms with van der Waals surface area (Å²) in [6, 6.07) is 6.64. The number of hydrogen-bond acceptors (Lipinski definition) is 10. The number of ether oxygens (including phenoxy) is 2. The average molecular weight is 643 g/mol. The van der Waals surface area contributed by atoms with Crippen LogP contribution in [0.4, 0.5) is 10.2 Å². The molecule has 11 heteroatoms. The normalized spacial score (nSPS) is 21.6. The Bertz CT molecular complexity index is 1870. The zero-order chi connectivity index (χ0) is 32.9. The van der Waals surface area contributed by atoms with Gasteiger partial charge in [-0.1, -0.05) is 13.0 Å². The summed E-state index contributed by atoms with van der Waals surface area (Å²) in [6.07, 6.45) is 8.05. The molecule has 7 rings (SSSR count). The maximum Gasteiger partial charge on any atom is 0.319 e. The van der Waals surface area contributed by atoms with Gasteiger partial charge in [0.25, 0.3) is 0 Å². The summed E-state index contributed by atoms with van der Waals surface area (Å²) in [5.74, 6) is 0.309. The number of nitrogens with zero attached hydrogens (tertiary/aromatic N) is 5. The average Bonchev–Trinajstić information content (AvgIpc) is 3.57. The number of aromatic hydroxyl groups is 1. The summed E-state index contributed by atoms with van der Waals surface area (Å²) in [4.78, 5) is 19.7. The minimum absolute atomic E-state index is 0.00833. The van der Waals surface area contributed by atoms with Crippen LogP contribution in [0.15, 0.2) is 30.5 Å². The molecule has 5 heterocycles. The Hall–Kier alpha value is -4.06. The molecule has 3 aliphatic heterocycles. The maximum absolute atomic E-state index is 15.2. The summed E-state index contributed by atoms with van der Waals surface area (Å²) in [6.45, 7) is 9.61. The van der Waals surface area contributed by atoms with Crippen molar-refractivity contribution in [2.75, 3.05) is 50.9 Å². The van der Waals surface area contributed by atoms with Crippen LogP contribution in [0.25, 0.3) is 39.0 Å². The van der Waals surface area contributed by atoms with Gasteiger partial charge < -0.3 is 30.3 Å². The summed E-state index contributed by atoms with van der Waals surface area (Å²) in [5.41, 5.74) is 8.40. The molecule has 47 heavy (non-hydrogen) atoms. The van der Waals surface area contributed by atoms with Crippen LogP contribution < -0.4 is 15.4 Å². The Labute approximate surface area is 274 Å². The van der Waals surface area contributed by atoms with E-state index >= 15 is 4.39 Å². The first-order valence-electron chi connectivity index (χ1n) is 16.6. The highest BCUT2D eigenvalue weighted by Gasteiger charge is 2.45. The summed E-state index contributed by atoms with van der Waals surface area (Å²) >= 11 is 0. The number of halogens is 1. The van der Waals surface area contributed by atoms with Crippen molar-refractivity contribution >= 4 is 33.6 Å². The quantitative estimate of drug-likeness (QED) is 0.251. The van der Waals surface area contributed by atoms with Gasteiger partial charge in [-0.05, 0) is 106 Å². The first-order chi connectivity index (χ1) is 22.6. The first kappa shape index (κ1) is 31.5. The van der Waals surface area contributed by atoms with Crippen molar-refractivity contribution in [2.24, 2.45) is 5.73 Å². The standard InChI is InChI=1S/C36H43FN6O4/c1-4-25-27(37)8-7-23-17-24(44)18-26(29(23)25)31-22(2)32-30(28(39-31)9-12-38)33(42-15-16-46-20-35(3,45)19-42)41-34(40-32)47-21-36-10-5-13-43(36)14-6-11-36/h7-9,12,17-18,44-45H,4-6,10-11,13-16,19-21,38H2,1-3H3/b12-9-. The van der Waals surface area contributed by atoms with Gasteiger partial charge in [-0.2, -0.15) is 9.97 Å². The molecule has 0 radical (unpaired) electrons. The Morgan fingerprint density at radius 2 is 1.89 bits per heavy atom. The maximum atomic E-state index is 15.2. The Balaban J connectivity index is 1.47. The number of nitrogens with two attached hydrogens (primary N) is 1. The second-order valence-corrected chi connectivity index (χ2v) is 13.5. The largest absolute Gasteiger partial charge is 0.508 e. The molecular weight excluding hydrogens is 599 g/mol. The second kappa shape index (κ2) is 12.2. The second-order valence-electron chi connectivity index (χ2n) is 13.5. The van der Waals surface area contributed by atoms with Crippen LogP contribution >= 0.6 is 0 Å². The lowest BCUT2D eigenvalue weighted by molar-refractivity contribution is -0.0123. The molecule has 0 bridgehead atoms. The number of fused-ring (bicyclic) bond motifs is 3. The van der Waals surface area contributed by atoms with Gasteiger partial charge in [-0.3, -0.25) is 4.90 Å². The number of β-amino-alcohol motifs (C(OH)–C–C–N with tert-alkyl or cyclic N) is 1. The third kappa shape index (κ3) is 5.64. The Morgan fingerprint density at radius 1 is 1.11 bits per heavy atom. The number of benzene rings is 2. The molecule has 248 valence electrons. The highest BCUT2D eigenvalue weighted by Crippen LogP contribution is 2.42. The molecule has 3 saturated heterocycles. The zero-order valence-electron chi connectivity index (χ0n) is 27.4. The smallest absolute Gasteiger partial charge is 0.319 e. The molecule has 3 aliphatic rings. The third-order valence-corrected chi connectivity index (χ3v) is 10.1. The summed E-state index contributed by atoms with van der Waals surface area (Å²) in [5, 5.41) is 24.0. The van der Waals surface area contributed by atoms with Crippen molar-refractivity contribution in [3.05, 3.63) is 53.1 Å². The molecule has 1 unspecified atom stereocenters. The molecule has 0 aliphatic carbocycles. The van der Waals surface area contributed by atoms with E-state index < -0.39 is 5.60 Å². The van der Waals surface area contributed by atoms with Gasteiger partial charge in [0.2, 0.25) is 0 Å². The van der Waals surface area contributed by atoms with Crippen LogP contribution in [-0.4, -0.2) is 87.2 Å². The molecule has 10 nitrogen and oxygen atoms in total. The fourth-order valence-corrected chi connectivity index (χ4v) is 7.95. The molecule has 4 N–H and O–H groups in total. The molecule has 2 aromatic heterocycles. The molecule has 4 aromatic rings. The van der Waals surface area contributed by atoms with Crippen molar-refractivity contribution in [1.29, 1.82) is 0 Å². The van der Waals surface area contributed by atoms with Crippen LogP contribution in [0.3, 0.4) is 0 Å². The Morgan fingerprint density at radius 3 is 2.64 bits per heavy atom. The highest BCUT2D eigenvalue weighted by atomic mass is 19.1. The highest BCUT2D eigenvalue weighted by molar-refractivity contribution is 6.05. The monoisotopic (exact) mass is 642 g/mol. The van der Waals surface area contributed by atoms with Crippen LogP contribution in [0.1, 0.15) is 56.4 Å². The van der Waals surface area contributed by atoms with E-state index in [2.05, 4.69) is 4.90 Å². The van der Waals surface area contributed by atoms with E-state index in [-0.39, 0.29) is 36.3 Å². The van der Waals surface area contributed by atoms with E-state index in [1.807, 2.05) is 18.7 Å². The van der Waals surface area contributed by atoms with E-state index in [0.717, 1.165) is 44.3 Å². The topological polar surface area (TPSA) is 130 Å². The van der Waals surface area contributed by atoms with E-state index in [0.29, 0.717) is 76.2 Å². The number of pyridine rings is 1. The fraction of sp³-hybridized carbons (Fsp3) is 0.472. The summed E-state index contributed by atoms with van der Waals surface area (Å²) < 4.78 is 27.5. The van der Waals surface area contributed by atoms with Gasteiger partial charge in [-0.15, -0.1) is 0 Å². The van der Waals surface area contributed by atoms with E-state index in [1.54, 1.807) is 31.2 Å².